The number of likely N-dealkylation sites (tertiary alicyclic amines) is 1. The van der Waals surface area contributed by atoms with Crippen molar-refractivity contribution in [2.45, 2.75) is 25.5 Å². The van der Waals surface area contributed by atoms with Crippen molar-refractivity contribution in [1.29, 1.82) is 0 Å². The van der Waals surface area contributed by atoms with Gasteiger partial charge in [0, 0.05) is 18.7 Å². The van der Waals surface area contributed by atoms with E-state index in [0.29, 0.717) is 6.54 Å². The zero-order valence-corrected chi connectivity index (χ0v) is 10.6. The number of nitrogens with two attached hydrogens (primary N) is 1. The standard InChI is InChI=1S/C15H20N2O/c16-8-2-6-13-4-1-5-14(10-13)11-17-9-3-7-15(18)12-17/h1,4-5,10,15,18H,3,7-9,11-12,16H2. The van der Waals surface area contributed by atoms with Crippen molar-refractivity contribution in [3.63, 3.8) is 0 Å². The molecule has 0 amide bonds. The second-order valence-electron chi connectivity index (χ2n) is 4.74. The van der Waals surface area contributed by atoms with Crippen LogP contribution in [0.2, 0.25) is 0 Å². The molecule has 3 nitrogen and oxygen atoms in total. The van der Waals surface area contributed by atoms with E-state index >= 15 is 0 Å². The summed E-state index contributed by atoms with van der Waals surface area (Å²) in [5.74, 6) is 5.91. The number of hydrogen-bond acceptors (Lipinski definition) is 3. The number of rotatable bonds is 2. The maximum Gasteiger partial charge on any atom is 0.0667 e. The second-order valence-corrected chi connectivity index (χ2v) is 4.74. The molecule has 0 aromatic heterocycles. The van der Waals surface area contributed by atoms with Crippen molar-refractivity contribution < 1.29 is 5.11 Å². The monoisotopic (exact) mass is 244 g/mol. The van der Waals surface area contributed by atoms with E-state index < -0.39 is 0 Å². The van der Waals surface area contributed by atoms with Crippen molar-refractivity contribution in [2.24, 2.45) is 5.73 Å². The highest BCUT2D eigenvalue weighted by atomic mass is 16.3. The van der Waals surface area contributed by atoms with Crippen molar-refractivity contribution in [1.82, 2.24) is 4.90 Å². The van der Waals surface area contributed by atoms with Gasteiger partial charge in [0.25, 0.3) is 0 Å². The Morgan fingerprint density at radius 3 is 3.11 bits per heavy atom. The molecule has 2 rings (SSSR count). The highest BCUT2D eigenvalue weighted by Gasteiger charge is 2.17. The zero-order valence-electron chi connectivity index (χ0n) is 10.6. The molecule has 1 aromatic carbocycles. The average Bonchev–Trinajstić information content (AvgIpc) is 2.37. The lowest BCUT2D eigenvalue weighted by molar-refractivity contribution is 0.0668. The Kier molecular flexibility index (Phi) is 4.77. The zero-order chi connectivity index (χ0) is 12.8. The van der Waals surface area contributed by atoms with Gasteiger partial charge in [-0.3, -0.25) is 4.90 Å². The molecule has 1 unspecified atom stereocenters. The summed E-state index contributed by atoms with van der Waals surface area (Å²) in [4.78, 5) is 2.30. The van der Waals surface area contributed by atoms with Gasteiger partial charge in [0.15, 0.2) is 0 Å². The van der Waals surface area contributed by atoms with Gasteiger partial charge in [0.1, 0.15) is 0 Å². The molecule has 18 heavy (non-hydrogen) atoms. The van der Waals surface area contributed by atoms with Crippen LogP contribution in [-0.4, -0.2) is 35.7 Å². The van der Waals surface area contributed by atoms with E-state index in [9.17, 15) is 5.11 Å². The number of piperidine rings is 1. The van der Waals surface area contributed by atoms with Crippen LogP contribution in [0.4, 0.5) is 0 Å². The van der Waals surface area contributed by atoms with Crippen molar-refractivity contribution in [3.05, 3.63) is 35.4 Å². The van der Waals surface area contributed by atoms with Crippen LogP contribution in [0.3, 0.4) is 0 Å². The third-order valence-corrected chi connectivity index (χ3v) is 3.15. The van der Waals surface area contributed by atoms with Crippen LogP contribution < -0.4 is 5.73 Å². The second kappa shape index (κ2) is 6.55. The van der Waals surface area contributed by atoms with Crippen LogP contribution >= 0.6 is 0 Å². The Bertz CT molecular complexity index is 447. The third kappa shape index (κ3) is 3.85. The summed E-state index contributed by atoms with van der Waals surface area (Å²) in [5, 5.41) is 9.65. The maximum atomic E-state index is 9.65. The Hall–Kier alpha value is -1.34. The fourth-order valence-corrected chi connectivity index (χ4v) is 2.33. The molecule has 1 aromatic rings. The molecule has 1 aliphatic rings. The lowest BCUT2D eigenvalue weighted by atomic mass is 10.1. The van der Waals surface area contributed by atoms with Gasteiger partial charge in [-0.1, -0.05) is 24.0 Å². The smallest absolute Gasteiger partial charge is 0.0667 e. The van der Waals surface area contributed by atoms with Crippen LogP contribution in [0.5, 0.6) is 0 Å². The fraction of sp³-hybridized carbons (Fsp3) is 0.467. The molecular weight excluding hydrogens is 224 g/mol. The van der Waals surface area contributed by atoms with Gasteiger partial charge in [-0.05, 0) is 37.1 Å². The molecule has 96 valence electrons. The molecular formula is C15H20N2O. The summed E-state index contributed by atoms with van der Waals surface area (Å²) in [5.41, 5.74) is 7.62. The number of aliphatic hydroxyl groups excluding tert-OH is 1. The molecule has 1 saturated heterocycles. The first-order chi connectivity index (χ1) is 8.78. The molecule has 3 heteroatoms. The van der Waals surface area contributed by atoms with E-state index in [-0.39, 0.29) is 6.10 Å². The predicted octanol–water partition coefficient (Wildman–Crippen LogP) is 0.954. The summed E-state index contributed by atoms with van der Waals surface area (Å²) < 4.78 is 0. The minimum Gasteiger partial charge on any atom is -0.392 e. The molecule has 1 aliphatic heterocycles. The lowest BCUT2D eigenvalue weighted by Crippen LogP contribution is -2.37. The molecule has 1 fully saturated rings. The molecule has 0 bridgehead atoms. The van der Waals surface area contributed by atoms with Gasteiger partial charge < -0.3 is 10.8 Å². The molecule has 3 N–H and O–H groups in total. The minimum atomic E-state index is -0.168. The number of aliphatic hydroxyl groups is 1. The summed E-state index contributed by atoms with van der Waals surface area (Å²) in [7, 11) is 0. The van der Waals surface area contributed by atoms with Gasteiger partial charge in [0.05, 0.1) is 12.6 Å². The van der Waals surface area contributed by atoms with Crippen molar-refractivity contribution in [3.8, 4) is 11.8 Å². The van der Waals surface area contributed by atoms with Gasteiger partial charge in [-0.15, -0.1) is 0 Å². The molecule has 0 spiro atoms. The van der Waals surface area contributed by atoms with Crippen molar-refractivity contribution >= 4 is 0 Å². The lowest BCUT2D eigenvalue weighted by Gasteiger charge is -2.29. The minimum absolute atomic E-state index is 0.168. The third-order valence-electron chi connectivity index (χ3n) is 3.15. The first-order valence-corrected chi connectivity index (χ1v) is 6.46. The number of benzene rings is 1. The topological polar surface area (TPSA) is 49.5 Å². The van der Waals surface area contributed by atoms with Gasteiger partial charge >= 0.3 is 0 Å². The quantitative estimate of drug-likeness (QED) is 0.762. The Morgan fingerprint density at radius 2 is 2.33 bits per heavy atom. The molecule has 1 heterocycles. The van der Waals surface area contributed by atoms with E-state index in [0.717, 1.165) is 38.0 Å². The summed E-state index contributed by atoms with van der Waals surface area (Å²) in [6, 6.07) is 8.23. The molecule has 1 atom stereocenters. The first-order valence-electron chi connectivity index (χ1n) is 6.46. The Morgan fingerprint density at radius 1 is 1.44 bits per heavy atom. The summed E-state index contributed by atoms with van der Waals surface area (Å²) >= 11 is 0. The Balaban J connectivity index is 2.00. The number of nitrogens with zero attached hydrogens (tertiary/aromatic N) is 1. The van der Waals surface area contributed by atoms with Crippen LogP contribution in [-0.2, 0) is 6.54 Å². The van der Waals surface area contributed by atoms with Crippen LogP contribution in [0, 0.1) is 11.8 Å². The van der Waals surface area contributed by atoms with Crippen LogP contribution in [0.1, 0.15) is 24.0 Å². The van der Waals surface area contributed by atoms with Crippen LogP contribution in [0.15, 0.2) is 24.3 Å². The first kappa shape index (κ1) is 13.1. The number of β-amino-alcohol motifs (C(OH)–C–C–N with tert-alkyl or cyclic N) is 1. The summed E-state index contributed by atoms with van der Waals surface area (Å²) in [6.07, 6.45) is 1.84. The van der Waals surface area contributed by atoms with E-state index in [1.54, 1.807) is 0 Å². The van der Waals surface area contributed by atoms with Gasteiger partial charge in [-0.25, -0.2) is 0 Å². The highest BCUT2D eigenvalue weighted by molar-refractivity contribution is 5.37. The molecule has 0 aliphatic carbocycles. The van der Waals surface area contributed by atoms with Gasteiger partial charge in [0.2, 0.25) is 0 Å². The molecule has 0 radical (unpaired) electrons. The number of hydrogen-bond donors (Lipinski definition) is 2. The van der Waals surface area contributed by atoms with Gasteiger partial charge in [-0.2, -0.15) is 0 Å². The normalized spacial score (nSPS) is 20.2. The van der Waals surface area contributed by atoms with E-state index in [1.165, 1.54) is 5.56 Å². The van der Waals surface area contributed by atoms with Crippen molar-refractivity contribution in [2.75, 3.05) is 19.6 Å². The maximum absolute atomic E-state index is 9.65. The van der Waals surface area contributed by atoms with Crippen LogP contribution in [0.25, 0.3) is 0 Å². The van der Waals surface area contributed by atoms with E-state index in [4.69, 9.17) is 5.73 Å². The highest BCUT2D eigenvalue weighted by Crippen LogP contribution is 2.14. The van der Waals surface area contributed by atoms with E-state index in [2.05, 4.69) is 28.9 Å². The van der Waals surface area contributed by atoms with E-state index in [1.807, 2.05) is 12.1 Å². The fourth-order valence-electron chi connectivity index (χ4n) is 2.33. The SMILES string of the molecule is NCC#Cc1cccc(CN2CCCC(O)C2)c1. The molecule has 0 saturated carbocycles. The largest absolute Gasteiger partial charge is 0.392 e. The predicted molar refractivity (Wildman–Crippen MR) is 72.9 cm³/mol. The Labute approximate surface area is 109 Å². The average molecular weight is 244 g/mol. The summed E-state index contributed by atoms with van der Waals surface area (Å²) in [6.45, 7) is 3.12.